The van der Waals surface area contributed by atoms with E-state index in [0.29, 0.717) is 6.07 Å². The third-order valence-electron chi connectivity index (χ3n) is 3.76. The number of sulfonamides is 1. The van der Waals surface area contributed by atoms with E-state index in [-0.39, 0.29) is 23.8 Å². The number of carboxylic acid groups (broad SMARTS) is 1. The van der Waals surface area contributed by atoms with Crippen LogP contribution in [0.25, 0.3) is 0 Å². The Hall–Kier alpha value is -1.51. The Kier molecular flexibility index (Phi) is 5.07. The average Bonchev–Trinajstić information content (AvgIpc) is 2.44. The zero-order valence-electron chi connectivity index (χ0n) is 13.0. The van der Waals surface area contributed by atoms with E-state index in [1.165, 1.54) is 0 Å². The summed E-state index contributed by atoms with van der Waals surface area (Å²) in [6.45, 7) is 3.93. The van der Waals surface area contributed by atoms with Crippen LogP contribution in [0.15, 0.2) is 23.1 Å². The van der Waals surface area contributed by atoms with Crippen LogP contribution in [0.1, 0.15) is 43.5 Å². The van der Waals surface area contributed by atoms with Crippen molar-refractivity contribution in [2.75, 3.05) is 6.54 Å². The van der Waals surface area contributed by atoms with Crippen LogP contribution < -0.4 is 4.72 Å². The molecule has 0 amide bonds. The lowest BCUT2D eigenvalue weighted by Crippen LogP contribution is -2.42. The molecule has 0 saturated carbocycles. The molecule has 1 saturated heterocycles. The second-order valence-electron chi connectivity index (χ2n) is 6.19. The number of rotatable bonds is 5. The molecule has 2 rings (SSSR count). The zero-order chi connectivity index (χ0) is 17.3. The van der Waals surface area contributed by atoms with Crippen LogP contribution in [0, 0.1) is 5.82 Å². The fourth-order valence-electron chi connectivity index (χ4n) is 2.60. The van der Waals surface area contributed by atoms with Gasteiger partial charge in [-0.3, -0.25) is 0 Å². The summed E-state index contributed by atoms with van der Waals surface area (Å²) in [5, 5.41) is 8.78. The highest BCUT2D eigenvalue weighted by atomic mass is 32.2. The van der Waals surface area contributed by atoms with Crippen LogP contribution in [0.4, 0.5) is 4.39 Å². The fraction of sp³-hybridized carbons (Fsp3) is 0.533. The van der Waals surface area contributed by atoms with Crippen molar-refractivity contribution in [3.63, 3.8) is 0 Å². The molecule has 0 aromatic heterocycles. The summed E-state index contributed by atoms with van der Waals surface area (Å²) in [6, 6.07) is 2.70. The predicted octanol–water partition coefficient (Wildman–Crippen LogP) is 2.15. The second-order valence-corrected chi connectivity index (χ2v) is 7.93. The molecule has 2 N–H and O–H groups in total. The maximum atomic E-state index is 13.9. The van der Waals surface area contributed by atoms with Crippen LogP contribution in [0.2, 0.25) is 0 Å². The Balaban J connectivity index is 2.09. The van der Waals surface area contributed by atoms with Gasteiger partial charge >= 0.3 is 5.97 Å². The van der Waals surface area contributed by atoms with Crippen LogP contribution in [-0.2, 0) is 14.8 Å². The van der Waals surface area contributed by atoms with Crippen molar-refractivity contribution in [2.24, 2.45) is 0 Å². The third-order valence-corrected chi connectivity index (χ3v) is 5.22. The second kappa shape index (κ2) is 6.54. The number of nitrogens with one attached hydrogen (secondary N) is 1. The predicted molar refractivity (Wildman–Crippen MR) is 81.4 cm³/mol. The first-order valence-electron chi connectivity index (χ1n) is 7.31. The standard InChI is InChI=1S/C15H20FNO5S/c1-15(2)7-3-4-11(22-15)9-17-23(20,21)13-6-5-10(14(18)19)8-12(13)16/h5-6,8,11,17H,3-4,7,9H2,1-2H3,(H,18,19). The van der Waals surface area contributed by atoms with Crippen molar-refractivity contribution in [3.05, 3.63) is 29.6 Å². The minimum atomic E-state index is -4.07. The van der Waals surface area contributed by atoms with Gasteiger partial charge in [0.2, 0.25) is 10.0 Å². The molecule has 0 aliphatic carbocycles. The largest absolute Gasteiger partial charge is 0.478 e. The molecule has 128 valence electrons. The highest BCUT2D eigenvalue weighted by molar-refractivity contribution is 7.89. The van der Waals surface area contributed by atoms with Gasteiger partial charge in [0.25, 0.3) is 0 Å². The summed E-state index contributed by atoms with van der Waals surface area (Å²) in [6.07, 6.45) is 2.30. The number of benzene rings is 1. The molecule has 1 fully saturated rings. The van der Waals surface area contributed by atoms with Crippen LogP contribution in [0.3, 0.4) is 0 Å². The molecule has 1 aromatic carbocycles. The molecule has 1 aromatic rings. The molecule has 8 heteroatoms. The lowest BCUT2D eigenvalue weighted by molar-refractivity contribution is -0.103. The number of hydrogen-bond donors (Lipinski definition) is 2. The van der Waals surface area contributed by atoms with E-state index in [1.807, 2.05) is 13.8 Å². The smallest absolute Gasteiger partial charge is 0.335 e. The summed E-state index contributed by atoms with van der Waals surface area (Å²) in [5.41, 5.74) is -0.609. The van der Waals surface area contributed by atoms with Crippen molar-refractivity contribution in [1.82, 2.24) is 4.72 Å². The SMILES string of the molecule is CC1(C)CCCC(CNS(=O)(=O)c2ccc(C(=O)O)cc2F)O1. The minimum absolute atomic E-state index is 0.0475. The summed E-state index contributed by atoms with van der Waals surface area (Å²) in [5.74, 6) is -2.42. The highest BCUT2D eigenvalue weighted by Crippen LogP contribution is 2.27. The van der Waals surface area contributed by atoms with E-state index in [4.69, 9.17) is 9.84 Å². The van der Waals surface area contributed by atoms with Gasteiger partial charge in [0.15, 0.2) is 0 Å². The maximum Gasteiger partial charge on any atom is 0.335 e. The molecular weight excluding hydrogens is 325 g/mol. The Morgan fingerprint density at radius 2 is 2.17 bits per heavy atom. The molecule has 1 atom stereocenters. The van der Waals surface area contributed by atoms with Crippen LogP contribution in [0.5, 0.6) is 0 Å². The Morgan fingerprint density at radius 3 is 2.74 bits per heavy atom. The lowest BCUT2D eigenvalue weighted by Gasteiger charge is -2.36. The molecular formula is C15H20FNO5S. The van der Waals surface area contributed by atoms with Crippen molar-refractivity contribution in [3.8, 4) is 0 Å². The Bertz CT molecular complexity index is 702. The van der Waals surface area contributed by atoms with Gasteiger partial charge in [0.05, 0.1) is 17.3 Å². The number of ether oxygens (including phenoxy) is 1. The summed E-state index contributed by atoms with van der Waals surface area (Å²) < 4.78 is 46.4. The first kappa shape index (κ1) is 17.8. The normalized spacial score (nSPS) is 21.1. The number of carboxylic acids is 1. The average molecular weight is 345 g/mol. The van der Waals surface area contributed by atoms with Gasteiger partial charge in [-0.2, -0.15) is 0 Å². The van der Waals surface area contributed by atoms with E-state index in [2.05, 4.69) is 4.72 Å². The molecule has 23 heavy (non-hydrogen) atoms. The topological polar surface area (TPSA) is 92.7 Å². The maximum absolute atomic E-state index is 13.9. The lowest BCUT2D eigenvalue weighted by atomic mass is 9.95. The number of hydrogen-bond acceptors (Lipinski definition) is 4. The quantitative estimate of drug-likeness (QED) is 0.853. The molecule has 0 spiro atoms. The molecule has 0 bridgehead atoms. The van der Waals surface area contributed by atoms with Gasteiger partial charge in [-0.05, 0) is 51.3 Å². The molecule has 1 unspecified atom stereocenters. The third kappa shape index (κ3) is 4.49. The monoisotopic (exact) mass is 345 g/mol. The fourth-order valence-corrected chi connectivity index (χ4v) is 3.72. The van der Waals surface area contributed by atoms with E-state index in [9.17, 15) is 17.6 Å². The zero-order valence-corrected chi connectivity index (χ0v) is 13.8. The van der Waals surface area contributed by atoms with Gasteiger partial charge in [0.1, 0.15) is 10.7 Å². The van der Waals surface area contributed by atoms with Gasteiger partial charge in [-0.15, -0.1) is 0 Å². The number of halogens is 1. The number of carbonyl (C=O) groups is 1. The van der Waals surface area contributed by atoms with Gasteiger partial charge in [-0.1, -0.05) is 0 Å². The minimum Gasteiger partial charge on any atom is -0.478 e. The first-order chi connectivity index (χ1) is 10.6. The van der Waals surface area contributed by atoms with Crippen molar-refractivity contribution < 1.29 is 27.4 Å². The van der Waals surface area contributed by atoms with Gasteiger partial charge < -0.3 is 9.84 Å². The van der Waals surface area contributed by atoms with Crippen molar-refractivity contribution in [1.29, 1.82) is 0 Å². The summed E-state index contributed by atoms with van der Waals surface area (Å²) >= 11 is 0. The van der Waals surface area contributed by atoms with Crippen molar-refractivity contribution >= 4 is 16.0 Å². The van der Waals surface area contributed by atoms with Gasteiger partial charge in [-0.25, -0.2) is 22.3 Å². The molecule has 1 heterocycles. The molecule has 6 nitrogen and oxygen atoms in total. The van der Waals surface area contributed by atoms with E-state index in [0.717, 1.165) is 31.4 Å². The van der Waals surface area contributed by atoms with Crippen LogP contribution >= 0.6 is 0 Å². The van der Waals surface area contributed by atoms with E-state index in [1.54, 1.807) is 0 Å². The molecule has 1 aliphatic heterocycles. The van der Waals surface area contributed by atoms with E-state index < -0.39 is 26.7 Å². The Labute approximate surface area is 134 Å². The number of aromatic carboxylic acids is 1. The van der Waals surface area contributed by atoms with Crippen molar-refractivity contribution in [2.45, 2.75) is 49.7 Å². The van der Waals surface area contributed by atoms with E-state index >= 15 is 0 Å². The molecule has 0 radical (unpaired) electrons. The summed E-state index contributed by atoms with van der Waals surface area (Å²) in [7, 11) is -4.07. The highest BCUT2D eigenvalue weighted by Gasteiger charge is 2.30. The Morgan fingerprint density at radius 1 is 1.48 bits per heavy atom. The molecule has 1 aliphatic rings. The van der Waals surface area contributed by atoms with Gasteiger partial charge in [0, 0.05) is 6.54 Å². The first-order valence-corrected chi connectivity index (χ1v) is 8.79. The summed E-state index contributed by atoms with van der Waals surface area (Å²) in [4.78, 5) is 10.2. The van der Waals surface area contributed by atoms with Crippen LogP contribution in [-0.4, -0.2) is 37.7 Å².